The zero-order chi connectivity index (χ0) is 21.5. The number of benzene rings is 1. The molecule has 1 amide bonds. The molecule has 0 saturated carbocycles. The Labute approximate surface area is 168 Å². The van der Waals surface area contributed by atoms with Crippen LogP contribution in [0.5, 0.6) is 5.75 Å². The zero-order valence-corrected chi connectivity index (χ0v) is 16.0. The number of ether oxygens (including phenoxy) is 4. The molecule has 0 fully saturated rings. The number of nitrogens with one attached hydrogen (secondary N) is 1. The van der Waals surface area contributed by atoms with Crippen molar-refractivity contribution in [3.63, 3.8) is 0 Å². The molecule has 1 rings (SSSR count). The van der Waals surface area contributed by atoms with Gasteiger partial charge < -0.3 is 29.4 Å². The summed E-state index contributed by atoms with van der Waals surface area (Å²) in [6.45, 7) is 6.69. The van der Waals surface area contributed by atoms with Gasteiger partial charge in [-0.05, 0) is 24.1 Å². The van der Waals surface area contributed by atoms with Crippen LogP contribution in [0.4, 0.5) is 4.79 Å². The Morgan fingerprint density at radius 3 is 2.52 bits per heavy atom. The highest BCUT2D eigenvalue weighted by Gasteiger charge is 2.10. The molecule has 9 heteroatoms. The lowest BCUT2D eigenvalue weighted by Gasteiger charge is -2.14. The molecule has 1 aromatic rings. The van der Waals surface area contributed by atoms with Crippen LogP contribution < -0.4 is 10.1 Å². The Morgan fingerprint density at radius 1 is 1.07 bits per heavy atom. The second-order valence-electron chi connectivity index (χ2n) is 5.67. The summed E-state index contributed by atoms with van der Waals surface area (Å²) in [5.74, 6) is -0.589. The Hall–Kier alpha value is -3.33. The predicted molar refractivity (Wildman–Crippen MR) is 103 cm³/mol. The molecule has 29 heavy (non-hydrogen) atoms. The molecular weight excluding hydrogens is 382 g/mol. The number of esters is 2. The van der Waals surface area contributed by atoms with Gasteiger partial charge in [0.1, 0.15) is 31.7 Å². The number of aliphatic hydroxyl groups excluding tert-OH is 1. The predicted octanol–water partition coefficient (Wildman–Crippen LogP) is 1.50. The minimum atomic E-state index is -1.03. The second-order valence-corrected chi connectivity index (χ2v) is 5.67. The number of rotatable bonds is 13. The summed E-state index contributed by atoms with van der Waals surface area (Å²) in [6.07, 6.45) is 0.809. The number of alkyl carbamates (subject to hydrolysis) is 1. The average molecular weight is 407 g/mol. The van der Waals surface area contributed by atoms with E-state index in [9.17, 15) is 19.5 Å². The van der Waals surface area contributed by atoms with E-state index >= 15 is 0 Å². The van der Waals surface area contributed by atoms with Gasteiger partial charge in [0.25, 0.3) is 0 Å². The monoisotopic (exact) mass is 407 g/mol. The number of carbonyl (C=O) groups is 3. The summed E-state index contributed by atoms with van der Waals surface area (Å²) in [5.41, 5.74) is 0.710. The van der Waals surface area contributed by atoms with Crippen LogP contribution in [0.15, 0.2) is 49.6 Å². The van der Waals surface area contributed by atoms with E-state index in [0.717, 1.165) is 12.2 Å². The van der Waals surface area contributed by atoms with Gasteiger partial charge in [-0.25, -0.2) is 14.4 Å². The molecule has 0 aliphatic rings. The minimum Gasteiger partial charge on any atom is -0.491 e. The van der Waals surface area contributed by atoms with E-state index in [4.69, 9.17) is 18.9 Å². The van der Waals surface area contributed by atoms with Gasteiger partial charge in [-0.1, -0.05) is 25.3 Å². The molecule has 1 atom stereocenters. The van der Waals surface area contributed by atoms with E-state index in [0.29, 0.717) is 17.7 Å². The van der Waals surface area contributed by atoms with E-state index in [1.807, 2.05) is 0 Å². The number of aliphatic hydroxyl groups is 1. The van der Waals surface area contributed by atoms with E-state index in [2.05, 4.69) is 18.5 Å². The Bertz CT molecular complexity index is 703. The van der Waals surface area contributed by atoms with Crippen LogP contribution in [0, 0.1) is 0 Å². The molecule has 0 saturated heterocycles. The van der Waals surface area contributed by atoms with Gasteiger partial charge in [0.2, 0.25) is 0 Å². The van der Waals surface area contributed by atoms with Crippen molar-refractivity contribution in [3.8, 4) is 5.75 Å². The lowest BCUT2D eigenvalue weighted by molar-refractivity contribution is -0.139. The fourth-order valence-electron chi connectivity index (χ4n) is 1.90. The maximum atomic E-state index is 11.5. The molecule has 0 aromatic heterocycles. The molecule has 0 aliphatic heterocycles. The Balaban J connectivity index is 2.21. The summed E-state index contributed by atoms with van der Waals surface area (Å²) < 4.78 is 20.0. The highest BCUT2D eigenvalue weighted by atomic mass is 16.6. The molecule has 1 unspecified atom stereocenters. The van der Waals surface area contributed by atoms with Crippen molar-refractivity contribution in [3.05, 3.63) is 55.1 Å². The molecular formula is C20H25NO8. The first-order valence-corrected chi connectivity index (χ1v) is 8.83. The van der Waals surface area contributed by atoms with E-state index < -0.39 is 24.1 Å². The van der Waals surface area contributed by atoms with E-state index in [1.165, 1.54) is 0 Å². The third kappa shape index (κ3) is 11.2. The average Bonchev–Trinajstić information content (AvgIpc) is 2.74. The zero-order valence-electron chi connectivity index (χ0n) is 16.0. The van der Waals surface area contributed by atoms with Gasteiger partial charge in [-0.15, -0.1) is 0 Å². The third-order valence-corrected chi connectivity index (χ3v) is 3.30. The first kappa shape index (κ1) is 23.7. The Morgan fingerprint density at radius 2 is 1.79 bits per heavy atom. The molecule has 1 aromatic carbocycles. The molecule has 0 spiro atoms. The molecule has 158 valence electrons. The lowest BCUT2D eigenvalue weighted by atomic mass is 10.2. The smallest absolute Gasteiger partial charge is 0.407 e. The minimum absolute atomic E-state index is 0.0701. The fraction of sp³-hybridized carbons (Fsp3) is 0.350. The van der Waals surface area contributed by atoms with Crippen LogP contribution in [0.1, 0.15) is 12.0 Å². The van der Waals surface area contributed by atoms with Gasteiger partial charge in [0.15, 0.2) is 0 Å². The van der Waals surface area contributed by atoms with Gasteiger partial charge in [-0.3, -0.25) is 0 Å². The standard InChI is InChI=1S/C20H25NO8/c1-3-18(23)26-10-6-9-21-20(25)29-14-16(22)13-27-17-8-5-7-15(11-17)12-28-19(24)4-2/h3-5,7-8,11,16,22H,1-2,6,9-10,12-14H2,(H,21,25). The van der Waals surface area contributed by atoms with Crippen molar-refractivity contribution in [1.29, 1.82) is 0 Å². The van der Waals surface area contributed by atoms with Crippen LogP contribution in [0.2, 0.25) is 0 Å². The summed E-state index contributed by atoms with van der Waals surface area (Å²) in [4.78, 5) is 33.4. The number of carbonyl (C=O) groups excluding carboxylic acids is 3. The fourth-order valence-corrected chi connectivity index (χ4v) is 1.90. The molecule has 9 nitrogen and oxygen atoms in total. The summed E-state index contributed by atoms with van der Waals surface area (Å²) in [7, 11) is 0. The summed E-state index contributed by atoms with van der Waals surface area (Å²) in [5, 5.41) is 12.3. The third-order valence-electron chi connectivity index (χ3n) is 3.30. The largest absolute Gasteiger partial charge is 0.491 e. The maximum absolute atomic E-state index is 11.5. The van der Waals surface area contributed by atoms with Gasteiger partial charge in [0.05, 0.1) is 6.61 Å². The lowest BCUT2D eigenvalue weighted by Crippen LogP contribution is -2.31. The molecule has 0 radical (unpaired) electrons. The highest BCUT2D eigenvalue weighted by Crippen LogP contribution is 2.14. The maximum Gasteiger partial charge on any atom is 0.407 e. The molecule has 0 heterocycles. The molecule has 0 aliphatic carbocycles. The number of amides is 1. The van der Waals surface area contributed by atoms with Crippen LogP contribution in [0.3, 0.4) is 0 Å². The molecule has 0 bridgehead atoms. The van der Waals surface area contributed by atoms with E-state index in [1.54, 1.807) is 24.3 Å². The van der Waals surface area contributed by atoms with E-state index in [-0.39, 0.29) is 33.0 Å². The Kier molecular flexibility index (Phi) is 11.3. The van der Waals surface area contributed by atoms with Crippen molar-refractivity contribution in [2.24, 2.45) is 0 Å². The van der Waals surface area contributed by atoms with Crippen LogP contribution in [0.25, 0.3) is 0 Å². The summed E-state index contributed by atoms with van der Waals surface area (Å²) in [6, 6.07) is 6.81. The van der Waals surface area contributed by atoms with Crippen LogP contribution in [-0.2, 0) is 30.4 Å². The van der Waals surface area contributed by atoms with Crippen LogP contribution >= 0.6 is 0 Å². The van der Waals surface area contributed by atoms with Gasteiger partial charge >= 0.3 is 18.0 Å². The second kappa shape index (κ2) is 13.8. The first-order valence-electron chi connectivity index (χ1n) is 8.83. The van der Waals surface area contributed by atoms with Crippen molar-refractivity contribution >= 4 is 18.0 Å². The normalized spacial score (nSPS) is 10.9. The SMILES string of the molecule is C=CC(=O)OCCCNC(=O)OCC(O)COc1cccc(COC(=O)C=C)c1. The van der Waals surface area contributed by atoms with Crippen molar-refractivity contribution in [2.45, 2.75) is 19.1 Å². The van der Waals surface area contributed by atoms with Crippen molar-refractivity contribution < 1.29 is 38.4 Å². The number of hydrogen-bond donors (Lipinski definition) is 2. The van der Waals surface area contributed by atoms with Crippen LogP contribution in [-0.4, -0.2) is 55.6 Å². The molecule has 2 N–H and O–H groups in total. The van der Waals surface area contributed by atoms with Crippen molar-refractivity contribution in [2.75, 3.05) is 26.4 Å². The van der Waals surface area contributed by atoms with Gasteiger partial charge in [0, 0.05) is 18.7 Å². The first-order chi connectivity index (χ1) is 13.9. The topological polar surface area (TPSA) is 120 Å². The quantitative estimate of drug-likeness (QED) is 0.218. The number of hydrogen-bond acceptors (Lipinski definition) is 8. The van der Waals surface area contributed by atoms with Gasteiger partial charge in [-0.2, -0.15) is 0 Å². The van der Waals surface area contributed by atoms with Crippen molar-refractivity contribution in [1.82, 2.24) is 5.32 Å². The summed E-state index contributed by atoms with van der Waals surface area (Å²) >= 11 is 0. The highest BCUT2D eigenvalue weighted by molar-refractivity contribution is 5.81.